The van der Waals surface area contributed by atoms with Crippen LogP contribution in [-0.4, -0.2) is 87.3 Å². The molecule has 3 aromatic carbocycles. The molecular formula is C43H54N12O6. The highest BCUT2D eigenvalue weighted by atomic mass is 16.2. The number of aromatic amines is 2. The van der Waals surface area contributed by atoms with Crippen molar-refractivity contribution in [1.29, 1.82) is 0 Å². The van der Waals surface area contributed by atoms with Crippen LogP contribution in [0.5, 0.6) is 0 Å². The topological polar surface area (TPSA) is 288 Å². The first-order chi connectivity index (χ1) is 29.3. The molecule has 2 heterocycles. The Morgan fingerprint density at radius 1 is 0.738 bits per heavy atom. The molecule has 0 radical (unpaired) electrons. The standard InChI is InChI=1S/C43H54N12O6/c1-26-15-17-31(18-16-26)55(54-40(58)33(45)22-30-24-47-25-49-30)43(61)50-27(2)39(57)52-37(21-29-23-48-34-13-7-6-12-32(29)34)42(60)53-36(20-28-10-4-3-5-11-28)41(59)51-35(38(46)56)14-8-9-19-44/h3-7,10-13,15-18,23-25,27,33,35-37,48H,8-9,14,19-22,44-45H2,1-2H3,(H2,46,56)(H,47,49)(H,50,61)(H,51,59)(H,52,57)(H,53,60)(H,54,58)/t27-,33-,35-,36+,37-/m0/s1. The minimum absolute atomic E-state index is 0.00923. The number of benzene rings is 3. The van der Waals surface area contributed by atoms with E-state index in [1.165, 1.54) is 19.4 Å². The molecule has 0 fully saturated rings. The van der Waals surface area contributed by atoms with Gasteiger partial charge < -0.3 is 48.4 Å². The summed E-state index contributed by atoms with van der Waals surface area (Å²) >= 11 is 0. The van der Waals surface area contributed by atoms with Gasteiger partial charge >= 0.3 is 6.03 Å². The molecule has 18 nitrogen and oxygen atoms in total. The van der Waals surface area contributed by atoms with Crippen LogP contribution in [0.25, 0.3) is 10.9 Å². The van der Waals surface area contributed by atoms with Crippen LogP contribution in [0.2, 0.25) is 0 Å². The number of nitrogens with two attached hydrogens (primary N) is 3. The van der Waals surface area contributed by atoms with Gasteiger partial charge in [-0.25, -0.2) is 14.8 Å². The number of carbonyl (C=O) groups excluding carboxylic acids is 6. The fraction of sp³-hybridized carbons (Fsp3) is 0.326. The second-order valence-electron chi connectivity index (χ2n) is 14.8. The van der Waals surface area contributed by atoms with Gasteiger partial charge in [-0.05, 0) is 69.0 Å². The summed E-state index contributed by atoms with van der Waals surface area (Å²) in [7, 11) is 0. The van der Waals surface area contributed by atoms with Gasteiger partial charge in [-0.2, -0.15) is 0 Å². The van der Waals surface area contributed by atoms with Gasteiger partial charge in [-0.1, -0.05) is 66.2 Å². The normalized spacial score (nSPS) is 13.5. The molecule has 2 aromatic heterocycles. The van der Waals surface area contributed by atoms with Gasteiger partial charge in [0.05, 0.1) is 18.1 Å². The van der Waals surface area contributed by atoms with Crippen LogP contribution in [0, 0.1) is 6.92 Å². The summed E-state index contributed by atoms with van der Waals surface area (Å²) in [6.07, 6.45) is 6.31. The lowest BCUT2D eigenvalue weighted by Gasteiger charge is -2.28. The maximum Gasteiger partial charge on any atom is 0.341 e. The minimum Gasteiger partial charge on any atom is -0.368 e. The summed E-state index contributed by atoms with van der Waals surface area (Å²) in [6.45, 7) is 3.69. The summed E-state index contributed by atoms with van der Waals surface area (Å²) in [6, 6.07) is 16.6. The van der Waals surface area contributed by atoms with Gasteiger partial charge in [0.25, 0.3) is 5.91 Å². The molecular weight excluding hydrogens is 781 g/mol. The van der Waals surface area contributed by atoms with E-state index < -0.39 is 65.8 Å². The Morgan fingerprint density at radius 2 is 1.39 bits per heavy atom. The van der Waals surface area contributed by atoms with Gasteiger partial charge in [0, 0.05) is 48.3 Å². The molecule has 0 saturated heterocycles. The number of anilines is 1. The van der Waals surface area contributed by atoms with E-state index in [0.717, 1.165) is 27.0 Å². The van der Waals surface area contributed by atoms with Crippen LogP contribution in [0.15, 0.2) is 97.6 Å². The maximum absolute atomic E-state index is 14.4. The number of primary amides is 1. The van der Waals surface area contributed by atoms with Crippen molar-refractivity contribution in [2.45, 2.75) is 82.6 Å². The number of hydrazine groups is 1. The molecule has 322 valence electrons. The number of unbranched alkanes of at least 4 members (excludes halogenated alkanes) is 1. The molecule has 5 rings (SSSR count). The number of rotatable bonds is 20. The monoisotopic (exact) mass is 834 g/mol. The first-order valence-electron chi connectivity index (χ1n) is 20.0. The lowest BCUT2D eigenvalue weighted by molar-refractivity contribution is -0.133. The largest absolute Gasteiger partial charge is 0.368 e. The molecule has 0 aliphatic heterocycles. The van der Waals surface area contributed by atoms with Crippen LogP contribution in [-0.2, 0) is 43.2 Å². The summed E-state index contributed by atoms with van der Waals surface area (Å²) in [5, 5.41) is 12.6. The maximum atomic E-state index is 14.4. The summed E-state index contributed by atoms with van der Waals surface area (Å²) < 4.78 is 0. The number of carbonyl (C=O) groups is 6. The van der Waals surface area contributed by atoms with Gasteiger partial charge in [0.1, 0.15) is 24.2 Å². The highest BCUT2D eigenvalue weighted by Gasteiger charge is 2.32. The minimum atomic E-state index is -1.26. The van der Waals surface area contributed by atoms with E-state index in [2.05, 4.69) is 41.6 Å². The Morgan fingerprint density at radius 3 is 2.07 bits per heavy atom. The number of aryl methyl sites for hydroxylation is 1. The van der Waals surface area contributed by atoms with Crippen molar-refractivity contribution in [2.75, 3.05) is 11.6 Å². The quantitative estimate of drug-likeness (QED) is 0.0399. The van der Waals surface area contributed by atoms with Crippen molar-refractivity contribution in [1.82, 2.24) is 41.6 Å². The highest BCUT2D eigenvalue weighted by Crippen LogP contribution is 2.20. The number of nitrogens with zero attached hydrogens (tertiary/aromatic N) is 2. The smallest absolute Gasteiger partial charge is 0.341 e. The number of para-hydroxylation sites is 1. The zero-order valence-electron chi connectivity index (χ0n) is 34.2. The van der Waals surface area contributed by atoms with Crippen molar-refractivity contribution >= 4 is 52.2 Å². The van der Waals surface area contributed by atoms with Crippen LogP contribution in [0.4, 0.5) is 10.5 Å². The number of hydrogen-bond donors (Lipinski definition) is 10. The van der Waals surface area contributed by atoms with Crippen molar-refractivity contribution < 1.29 is 28.8 Å². The molecule has 7 amide bonds. The molecule has 0 spiro atoms. The molecule has 5 aromatic rings. The molecule has 0 aliphatic rings. The third-order valence-electron chi connectivity index (χ3n) is 10.0. The molecule has 61 heavy (non-hydrogen) atoms. The van der Waals surface area contributed by atoms with Gasteiger partial charge in [0.2, 0.25) is 23.6 Å². The Hall–Kier alpha value is -7.05. The number of H-pyrrole nitrogens is 2. The van der Waals surface area contributed by atoms with Crippen LogP contribution >= 0.6 is 0 Å². The lowest BCUT2D eigenvalue weighted by atomic mass is 10.0. The number of aromatic nitrogens is 3. The zero-order valence-corrected chi connectivity index (χ0v) is 34.2. The summed E-state index contributed by atoms with van der Waals surface area (Å²) in [5.41, 5.74) is 24.0. The molecule has 0 bridgehead atoms. The summed E-state index contributed by atoms with van der Waals surface area (Å²) in [5.74, 6) is -3.49. The van der Waals surface area contributed by atoms with Gasteiger partial charge in [-0.15, -0.1) is 0 Å². The Labute approximate surface area is 353 Å². The van der Waals surface area contributed by atoms with Crippen molar-refractivity contribution in [3.05, 3.63) is 120 Å². The Bertz CT molecular complexity index is 2250. The average Bonchev–Trinajstić information content (AvgIpc) is 3.92. The van der Waals surface area contributed by atoms with E-state index >= 15 is 0 Å². The van der Waals surface area contributed by atoms with Crippen LogP contribution < -0.4 is 48.9 Å². The molecule has 0 saturated carbocycles. The predicted molar refractivity (Wildman–Crippen MR) is 230 cm³/mol. The van der Waals surface area contributed by atoms with Crippen molar-refractivity contribution in [2.24, 2.45) is 17.2 Å². The van der Waals surface area contributed by atoms with Crippen molar-refractivity contribution in [3.8, 4) is 0 Å². The van der Waals surface area contributed by atoms with E-state index in [4.69, 9.17) is 17.2 Å². The Balaban J connectivity index is 1.36. The second kappa shape index (κ2) is 21.8. The average molecular weight is 835 g/mol. The fourth-order valence-corrected chi connectivity index (χ4v) is 6.57. The number of amides is 7. The van der Waals surface area contributed by atoms with Crippen LogP contribution in [0.1, 0.15) is 48.6 Å². The first-order valence-corrected chi connectivity index (χ1v) is 20.0. The van der Waals surface area contributed by atoms with Crippen molar-refractivity contribution in [3.63, 3.8) is 0 Å². The van der Waals surface area contributed by atoms with E-state index in [1.807, 2.05) is 37.3 Å². The lowest BCUT2D eigenvalue weighted by Crippen LogP contribution is -2.60. The van der Waals surface area contributed by atoms with Gasteiger partial charge in [-0.3, -0.25) is 29.4 Å². The highest BCUT2D eigenvalue weighted by molar-refractivity contribution is 6.00. The van der Waals surface area contributed by atoms with E-state index in [1.54, 1.807) is 54.7 Å². The Kier molecular flexibility index (Phi) is 16.1. The molecule has 13 N–H and O–H groups in total. The van der Waals surface area contributed by atoms with E-state index in [-0.39, 0.29) is 31.4 Å². The number of nitrogens with one attached hydrogen (secondary N) is 7. The second-order valence-corrected chi connectivity index (χ2v) is 14.8. The molecule has 0 aliphatic carbocycles. The molecule has 5 atom stereocenters. The van der Waals surface area contributed by atoms with Crippen LogP contribution in [0.3, 0.4) is 0 Å². The SMILES string of the molecule is Cc1ccc(N(NC(=O)[C@@H](N)Cc2cnc[nH]2)C(=O)N[C@@H](C)C(=O)N[C@@H](Cc2c[nH]c3ccccc23)C(=O)N[C@H](Cc2ccccc2)C(=O)N[C@@H](CCCCN)C(N)=O)cc1. The molecule has 18 heteroatoms. The summed E-state index contributed by atoms with van der Waals surface area (Å²) in [4.78, 5) is 91.6. The number of imidazole rings is 1. The first kappa shape index (κ1) is 45.0. The third-order valence-corrected chi connectivity index (χ3v) is 10.0. The number of fused-ring (bicyclic) bond motifs is 1. The zero-order chi connectivity index (χ0) is 43.9. The van der Waals surface area contributed by atoms with E-state index in [0.29, 0.717) is 30.6 Å². The molecule has 0 unspecified atom stereocenters. The fourth-order valence-electron chi connectivity index (χ4n) is 6.57. The van der Waals surface area contributed by atoms with E-state index in [9.17, 15) is 28.8 Å². The van der Waals surface area contributed by atoms with Gasteiger partial charge in [0.15, 0.2) is 0 Å². The number of hydrogen-bond acceptors (Lipinski definition) is 9. The number of urea groups is 1. The predicted octanol–water partition coefficient (Wildman–Crippen LogP) is 1.26. The third kappa shape index (κ3) is 13.0.